The summed E-state index contributed by atoms with van der Waals surface area (Å²) in [5, 5.41) is 11.2. The highest BCUT2D eigenvalue weighted by Gasteiger charge is 2.33. The van der Waals surface area contributed by atoms with Gasteiger partial charge in [-0.25, -0.2) is 4.57 Å². The van der Waals surface area contributed by atoms with Crippen molar-refractivity contribution in [2.24, 2.45) is 0 Å². The molecule has 312 valence electrons. The molecule has 6 aromatic carbocycles. The lowest BCUT2D eigenvalue weighted by atomic mass is 9.85. The van der Waals surface area contributed by atoms with Gasteiger partial charge in [-0.2, -0.15) is 0 Å². The number of ether oxygens (including phenoxy) is 9. The number of fused-ring (bicyclic) bond motifs is 14. The van der Waals surface area contributed by atoms with Gasteiger partial charge in [0.25, 0.3) is 0 Å². The van der Waals surface area contributed by atoms with Crippen molar-refractivity contribution in [1.29, 1.82) is 0 Å². The second-order valence-corrected chi connectivity index (χ2v) is 15.6. The molecule has 1 aromatic heterocycles. The molecular formula is C49H53N2O9+. The van der Waals surface area contributed by atoms with E-state index < -0.39 is 0 Å². The van der Waals surface area contributed by atoms with Gasteiger partial charge in [0, 0.05) is 47.7 Å². The van der Waals surface area contributed by atoms with Gasteiger partial charge in [0.1, 0.15) is 6.54 Å². The Hall–Kier alpha value is -6.07. The van der Waals surface area contributed by atoms with E-state index in [1.807, 2.05) is 18.2 Å². The topological polar surface area (TPSA) is 90.2 Å². The van der Waals surface area contributed by atoms with Crippen molar-refractivity contribution in [1.82, 2.24) is 4.90 Å². The molecule has 7 aromatic rings. The van der Waals surface area contributed by atoms with Gasteiger partial charge in [-0.15, -0.1) is 0 Å². The Bertz CT molecular complexity index is 2750. The fraction of sp³-hybridized carbons (Fsp3) is 0.367. The summed E-state index contributed by atoms with van der Waals surface area (Å²) >= 11 is 0. The Morgan fingerprint density at radius 2 is 0.933 bits per heavy atom. The molecule has 0 amide bonds. The molecule has 1 saturated heterocycles. The largest absolute Gasteiger partial charge is 0.493 e. The monoisotopic (exact) mass is 813 g/mol. The molecule has 10 rings (SSSR count). The van der Waals surface area contributed by atoms with E-state index in [1.165, 1.54) is 52.4 Å². The van der Waals surface area contributed by atoms with Crippen molar-refractivity contribution in [3.05, 3.63) is 71.5 Å². The first-order valence-corrected chi connectivity index (χ1v) is 20.5. The molecule has 3 aliphatic rings. The van der Waals surface area contributed by atoms with Crippen LogP contribution in [0.3, 0.4) is 0 Å². The molecule has 0 N–H and O–H groups in total. The second kappa shape index (κ2) is 15.8. The average molecular weight is 814 g/mol. The normalized spacial score (nSPS) is 15.7. The Morgan fingerprint density at radius 1 is 0.467 bits per heavy atom. The van der Waals surface area contributed by atoms with Gasteiger partial charge in [0.05, 0.1) is 69.4 Å². The van der Waals surface area contributed by atoms with Crippen molar-refractivity contribution in [2.45, 2.75) is 51.2 Å². The number of hydrogen-bond acceptors (Lipinski definition) is 10. The molecule has 60 heavy (non-hydrogen) atoms. The van der Waals surface area contributed by atoms with Crippen LogP contribution in [0.25, 0.3) is 53.9 Å². The second-order valence-electron chi connectivity index (χ2n) is 15.6. The van der Waals surface area contributed by atoms with E-state index in [0.29, 0.717) is 34.8 Å². The van der Waals surface area contributed by atoms with E-state index in [1.54, 1.807) is 64.0 Å². The summed E-state index contributed by atoms with van der Waals surface area (Å²) in [4.78, 5) is 2.63. The van der Waals surface area contributed by atoms with E-state index in [4.69, 9.17) is 42.6 Å². The maximum atomic E-state index is 5.89. The van der Waals surface area contributed by atoms with Gasteiger partial charge < -0.3 is 42.6 Å². The molecule has 1 atom stereocenters. The van der Waals surface area contributed by atoms with Gasteiger partial charge >= 0.3 is 0 Å². The van der Waals surface area contributed by atoms with E-state index in [2.05, 4.69) is 46.0 Å². The average Bonchev–Trinajstić information content (AvgIpc) is 3.97. The summed E-state index contributed by atoms with van der Waals surface area (Å²) in [6.45, 7) is 3.20. The van der Waals surface area contributed by atoms with Crippen molar-refractivity contribution >= 4 is 53.9 Å². The molecule has 11 nitrogen and oxygen atoms in total. The zero-order valence-corrected chi connectivity index (χ0v) is 36.0. The van der Waals surface area contributed by atoms with E-state index in [9.17, 15) is 0 Å². The molecule has 4 heterocycles. The smallest absolute Gasteiger partial charge is 0.203 e. The van der Waals surface area contributed by atoms with Gasteiger partial charge in [0.2, 0.25) is 5.75 Å². The van der Waals surface area contributed by atoms with E-state index in [0.717, 1.165) is 93.1 Å². The van der Waals surface area contributed by atoms with Crippen molar-refractivity contribution in [3.63, 3.8) is 0 Å². The van der Waals surface area contributed by atoms with Gasteiger partial charge in [-0.3, -0.25) is 4.90 Å². The van der Waals surface area contributed by atoms with Crippen LogP contribution in [0.15, 0.2) is 54.7 Å². The van der Waals surface area contributed by atoms with E-state index in [-0.39, 0.29) is 0 Å². The first-order valence-electron chi connectivity index (χ1n) is 20.5. The van der Waals surface area contributed by atoms with Crippen molar-refractivity contribution in [2.75, 3.05) is 70.5 Å². The van der Waals surface area contributed by atoms with Crippen LogP contribution >= 0.6 is 0 Å². The maximum Gasteiger partial charge on any atom is 0.203 e. The summed E-state index contributed by atoms with van der Waals surface area (Å²) in [6, 6.07) is 17.5. The molecule has 1 fully saturated rings. The fourth-order valence-corrected chi connectivity index (χ4v) is 10.1. The summed E-state index contributed by atoms with van der Waals surface area (Å²) < 4.78 is 53.4. The van der Waals surface area contributed by atoms with Crippen LogP contribution in [0.5, 0.6) is 51.7 Å². The number of aryl methyl sites for hydroxylation is 2. The van der Waals surface area contributed by atoms with Gasteiger partial charge in [0.15, 0.2) is 57.9 Å². The predicted octanol–water partition coefficient (Wildman–Crippen LogP) is 8.97. The number of pyridine rings is 1. The summed E-state index contributed by atoms with van der Waals surface area (Å²) in [5.41, 5.74) is 4.17. The summed E-state index contributed by atoms with van der Waals surface area (Å²) in [7, 11) is 15.0. The quantitative estimate of drug-likeness (QED) is 0.104. The third kappa shape index (κ3) is 6.16. The van der Waals surface area contributed by atoms with E-state index >= 15 is 0 Å². The lowest BCUT2D eigenvalue weighted by molar-refractivity contribution is -0.689. The SMILES string of the molecule is COc1cc2c3c(c4cc(OC)c(OC)cc4c2cc1OC)CN1CCC[C@H]1C3.COc1cc2c3c[n+]4c(cc3c3cc(OC)c(OC)c(OC)c3c2cc1OC)CCC4. The molecule has 0 unspecified atom stereocenters. The zero-order chi connectivity index (χ0) is 41.8. The first kappa shape index (κ1) is 39.4. The molecule has 0 radical (unpaired) electrons. The van der Waals surface area contributed by atoms with Crippen LogP contribution in [0.2, 0.25) is 0 Å². The third-order valence-corrected chi connectivity index (χ3v) is 12.9. The van der Waals surface area contributed by atoms with Crippen molar-refractivity contribution < 1.29 is 47.2 Å². The number of rotatable bonds is 9. The highest BCUT2D eigenvalue weighted by molar-refractivity contribution is 6.28. The molecule has 0 spiro atoms. The highest BCUT2D eigenvalue weighted by Crippen LogP contribution is 2.51. The summed E-state index contributed by atoms with van der Waals surface area (Å²) in [5.74, 6) is 6.25. The van der Waals surface area contributed by atoms with Crippen LogP contribution in [0.4, 0.5) is 0 Å². The van der Waals surface area contributed by atoms with Crippen LogP contribution in [-0.2, 0) is 25.9 Å². The number of nitrogens with zero attached hydrogens (tertiary/aromatic N) is 2. The van der Waals surface area contributed by atoms with Crippen LogP contribution in [-0.4, -0.2) is 81.5 Å². The number of aromatic nitrogens is 1. The number of methoxy groups -OCH3 is 9. The molecular weight excluding hydrogens is 761 g/mol. The Labute approximate surface area is 350 Å². The number of hydrogen-bond donors (Lipinski definition) is 0. The molecule has 0 aliphatic carbocycles. The minimum Gasteiger partial charge on any atom is -0.493 e. The molecule has 0 saturated carbocycles. The predicted molar refractivity (Wildman–Crippen MR) is 235 cm³/mol. The maximum absolute atomic E-state index is 5.89. The highest BCUT2D eigenvalue weighted by atomic mass is 16.5. The van der Waals surface area contributed by atoms with Crippen molar-refractivity contribution in [3.8, 4) is 51.7 Å². The van der Waals surface area contributed by atoms with Gasteiger partial charge in [-0.1, -0.05) is 0 Å². The number of benzene rings is 6. The fourth-order valence-electron chi connectivity index (χ4n) is 10.1. The van der Waals surface area contributed by atoms with Crippen LogP contribution in [0, 0.1) is 0 Å². The minimum atomic E-state index is 0.573. The third-order valence-electron chi connectivity index (χ3n) is 12.9. The minimum absolute atomic E-state index is 0.573. The Kier molecular flexibility index (Phi) is 10.4. The van der Waals surface area contributed by atoms with Gasteiger partial charge in [-0.05, 0) is 112 Å². The van der Waals surface area contributed by atoms with Crippen LogP contribution < -0.4 is 47.2 Å². The van der Waals surface area contributed by atoms with Crippen LogP contribution in [0.1, 0.15) is 36.1 Å². The zero-order valence-electron chi connectivity index (χ0n) is 36.0. The molecule has 3 aliphatic heterocycles. The summed E-state index contributed by atoms with van der Waals surface area (Å²) in [6.07, 6.45) is 8.12. The Balaban J connectivity index is 0.000000154. The standard InChI is InChI=1S/C25H26NO5.C24H27NO4/c1-27-20-10-16-17(11-21(20)28-2)23-18(12-22(29-3)24(30-4)25(23)31-5)15-9-14-7-6-8-26(14)13-19(15)16;1-26-21-9-16-15-8-14-6-5-7-25(14)13-20(15)19-12-24(29-4)23(28-3)11-18(19)17(16)10-22(21)27-2/h9-13H,6-8H2,1-5H3;9-12,14H,5-8,13H2,1-4H3/q+1;/t;14-/m.0/s1. The lowest BCUT2D eigenvalue weighted by Crippen LogP contribution is -2.35. The Morgan fingerprint density at radius 3 is 1.47 bits per heavy atom. The first-order chi connectivity index (χ1) is 29.3. The molecule has 11 heteroatoms. The lowest BCUT2D eigenvalue weighted by Gasteiger charge is -2.33. The molecule has 0 bridgehead atoms.